The third-order valence-corrected chi connectivity index (χ3v) is 10.7. The van der Waals surface area contributed by atoms with Gasteiger partial charge in [0.1, 0.15) is 22.3 Å². The molecular weight excluding hydrogens is 647 g/mol. The van der Waals surface area contributed by atoms with Crippen LogP contribution in [0.5, 0.6) is 0 Å². The first kappa shape index (κ1) is 29.6. The summed E-state index contributed by atoms with van der Waals surface area (Å²) < 4.78 is 13.0. The molecule has 0 bridgehead atoms. The monoisotopic (exact) mass is 677 g/mol. The van der Waals surface area contributed by atoms with E-state index in [-0.39, 0.29) is 0 Å². The first-order valence-corrected chi connectivity index (χ1v) is 18.0. The van der Waals surface area contributed by atoms with Crippen LogP contribution in [0.4, 0.5) is 17.1 Å². The lowest BCUT2D eigenvalue weighted by Crippen LogP contribution is -2.10. The van der Waals surface area contributed by atoms with E-state index in [1.807, 2.05) is 12.1 Å². The van der Waals surface area contributed by atoms with Crippen LogP contribution < -0.4 is 4.90 Å². The topological polar surface area (TPSA) is 29.5 Å². The molecule has 53 heavy (non-hydrogen) atoms. The smallest absolute Gasteiger partial charge is 0.143 e. The molecule has 0 saturated carbocycles. The Bertz CT molecular complexity index is 3160. The fourth-order valence-corrected chi connectivity index (χ4v) is 8.12. The van der Waals surface area contributed by atoms with Gasteiger partial charge in [-0.1, -0.05) is 133 Å². The third-order valence-electron chi connectivity index (χ3n) is 10.7. The second-order valence-electron chi connectivity index (χ2n) is 13.7. The SMILES string of the molecule is c1ccc2c(-c3ccc(-c4ccc(N(c5ccc6c(c5)oc5ccccc56)c5cccc6oc7c8ccccc8ccc7c56)cc4)cc3)cccc2c1. The predicted octanol–water partition coefficient (Wildman–Crippen LogP) is 14.6. The zero-order valence-corrected chi connectivity index (χ0v) is 28.7. The summed E-state index contributed by atoms with van der Waals surface area (Å²) >= 11 is 0. The van der Waals surface area contributed by atoms with Gasteiger partial charge in [0.25, 0.3) is 0 Å². The van der Waals surface area contributed by atoms with Crippen molar-refractivity contribution in [3.8, 4) is 22.3 Å². The van der Waals surface area contributed by atoms with Crippen LogP contribution in [0.3, 0.4) is 0 Å². The molecule has 0 fully saturated rings. The van der Waals surface area contributed by atoms with Crippen molar-refractivity contribution in [3.05, 3.63) is 188 Å². The van der Waals surface area contributed by atoms with E-state index >= 15 is 0 Å². The van der Waals surface area contributed by atoms with Gasteiger partial charge in [-0.15, -0.1) is 0 Å². The van der Waals surface area contributed by atoms with Crippen LogP contribution in [-0.2, 0) is 0 Å². The van der Waals surface area contributed by atoms with Crippen LogP contribution in [-0.4, -0.2) is 0 Å². The lowest BCUT2D eigenvalue weighted by Gasteiger charge is -2.26. The molecule has 11 rings (SSSR count). The van der Waals surface area contributed by atoms with Crippen molar-refractivity contribution in [2.45, 2.75) is 0 Å². The number of para-hydroxylation sites is 1. The second-order valence-corrected chi connectivity index (χ2v) is 13.7. The van der Waals surface area contributed by atoms with Crippen LogP contribution in [0.15, 0.2) is 197 Å². The average Bonchev–Trinajstić information content (AvgIpc) is 3.80. The van der Waals surface area contributed by atoms with Crippen molar-refractivity contribution in [1.82, 2.24) is 0 Å². The zero-order chi connectivity index (χ0) is 34.9. The maximum absolute atomic E-state index is 6.64. The summed E-state index contributed by atoms with van der Waals surface area (Å²) in [7, 11) is 0. The maximum atomic E-state index is 6.64. The number of anilines is 3. The van der Waals surface area contributed by atoms with E-state index in [9.17, 15) is 0 Å². The van der Waals surface area contributed by atoms with Crippen LogP contribution >= 0.6 is 0 Å². The minimum atomic E-state index is 0.853. The minimum absolute atomic E-state index is 0.853. The summed E-state index contributed by atoms with van der Waals surface area (Å²) in [5.41, 5.74) is 11.4. The molecule has 3 nitrogen and oxygen atoms in total. The molecule has 248 valence electrons. The molecule has 9 aromatic carbocycles. The first-order chi connectivity index (χ1) is 26.3. The number of benzene rings is 9. The Morgan fingerprint density at radius 3 is 1.75 bits per heavy atom. The third kappa shape index (κ3) is 4.75. The fraction of sp³-hybridized carbons (Fsp3) is 0. The van der Waals surface area contributed by atoms with E-state index < -0.39 is 0 Å². The molecule has 0 N–H and O–H groups in total. The van der Waals surface area contributed by atoms with E-state index in [0.717, 1.165) is 77.3 Å². The molecule has 0 aliphatic carbocycles. The number of rotatable bonds is 5. The van der Waals surface area contributed by atoms with Gasteiger partial charge < -0.3 is 13.7 Å². The highest BCUT2D eigenvalue weighted by molar-refractivity contribution is 6.19. The van der Waals surface area contributed by atoms with Crippen LogP contribution in [0.25, 0.3) is 87.7 Å². The first-order valence-electron chi connectivity index (χ1n) is 18.0. The number of hydrogen-bond acceptors (Lipinski definition) is 3. The number of furan rings is 2. The molecule has 2 aromatic heterocycles. The summed E-state index contributed by atoms with van der Waals surface area (Å²) in [6, 6.07) is 66.8. The highest BCUT2D eigenvalue weighted by atomic mass is 16.3. The Morgan fingerprint density at radius 1 is 0.340 bits per heavy atom. The molecule has 11 aromatic rings. The van der Waals surface area contributed by atoms with Crippen LogP contribution in [0, 0.1) is 0 Å². The molecule has 0 atom stereocenters. The average molecular weight is 678 g/mol. The molecule has 0 aliphatic rings. The largest absolute Gasteiger partial charge is 0.456 e. The van der Waals surface area contributed by atoms with E-state index in [2.05, 4.69) is 181 Å². The summed E-state index contributed by atoms with van der Waals surface area (Å²) in [5, 5.41) is 9.17. The van der Waals surface area contributed by atoms with Gasteiger partial charge >= 0.3 is 0 Å². The molecule has 0 spiro atoms. The lowest BCUT2D eigenvalue weighted by atomic mass is 9.96. The van der Waals surface area contributed by atoms with E-state index in [1.165, 1.54) is 27.5 Å². The molecule has 2 heterocycles. The maximum Gasteiger partial charge on any atom is 0.143 e. The van der Waals surface area contributed by atoms with Gasteiger partial charge in [0.05, 0.1) is 11.1 Å². The van der Waals surface area contributed by atoms with Gasteiger partial charge in [0.15, 0.2) is 0 Å². The van der Waals surface area contributed by atoms with Crippen molar-refractivity contribution in [2.24, 2.45) is 0 Å². The van der Waals surface area contributed by atoms with Crippen molar-refractivity contribution < 1.29 is 8.83 Å². The van der Waals surface area contributed by atoms with Gasteiger partial charge in [-0.05, 0) is 86.9 Å². The normalized spacial score (nSPS) is 11.8. The van der Waals surface area contributed by atoms with Crippen LogP contribution in [0.1, 0.15) is 0 Å². The molecule has 0 saturated heterocycles. The quantitative estimate of drug-likeness (QED) is 0.182. The van der Waals surface area contributed by atoms with Crippen molar-refractivity contribution in [2.75, 3.05) is 4.90 Å². The van der Waals surface area contributed by atoms with E-state index in [4.69, 9.17) is 8.83 Å². The van der Waals surface area contributed by atoms with Gasteiger partial charge in [-0.2, -0.15) is 0 Å². The van der Waals surface area contributed by atoms with Gasteiger partial charge in [-0.3, -0.25) is 0 Å². The van der Waals surface area contributed by atoms with Crippen molar-refractivity contribution >= 4 is 82.5 Å². The van der Waals surface area contributed by atoms with Gasteiger partial charge in [-0.25, -0.2) is 0 Å². The summed E-state index contributed by atoms with van der Waals surface area (Å²) in [5.74, 6) is 0. The Kier molecular flexibility index (Phi) is 6.55. The number of fused-ring (bicyclic) bond motifs is 9. The van der Waals surface area contributed by atoms with E-state index in [1.54, 1.807) is 0 Å². The Hall–Kier alpha value is -7.10. The van der Waals surface area contributed by atoms with Gasteiger partial charge in [0.2, 0.25) is 0 Å². The minimum Gasteiger partial charge on any atom is -0.456 e. The molecule has 3 heteroatoms. The van der Waals surface area contributed by atoms with E-state index in [0.29, 0.717) is 0 Å². The van der Waals surface area contributed by atoms with Crippen molar-refractivity contribution in [1.29, 1.82) is 0 Å². The van der Waals surface area contributed by atoms with Crippen molar-refractivity contribution in [3.63, 3.8) is 0 Å². The fourth-order valence-electron chi connectivity index (χ4n) is 8.12. The Morgan fingerprint density at radius 2 is 0.925 bits per heavy atom. The summed E-state index contributed by atoms with van der Waals surface area (Å²) in [6.07, 6.45) is 0. The Balaban J connectivity index is 1.05. The summed E-state index contributed by atoms with van der Waals surface area (Å²) in [4.78, 5) is 2.33. The lowest BCUT2D eigenvalue weighted by molar-refractivity contribution is 0.669. The summed E-state index contributed by atoms with van der Waals surface area (Å²) in [6.45, 7) is 0. The number of nitrogens with zero attached hydrogens (tertiary/aromatic N) is 1. The predicted molar refractivity (Wildman–Crippen MR) is 222 cm³/mol. The number of hydrogen-bond donors (Lipinski definition) is 0. The molecule has 0 radical (unpaired) electrons. The molecule has 0 aliphatic heterocycles. The highest BCUT2D eigenvalue weighted by Crippen LogP contribution is 2.45. The van der Waals surface area contributed by atoms with Crippen LogP contribution in [0.2, 0.25) is 0 Å². The van der Waals surface area contributed by atoms with Gasteiger partial charge in [0, 0.05) is 39.0 Å². The zero-order valence-electron chi connectivity index (χ0n) is 28.7. The highest BCUT2D eigenvalue weighted by Gasteiger charge is 2.21. The second kappa shape index (κ2) is 11.7. The Labute approximate surface area is 305 Å². The molecule has 0 unspecified atom stereocenters. The standard InChI is InChI=1S/C50H31NO2/c1-3-12-39-34(9-1)11-7-15-40(39)36-21-19-32(20-22-36)33-23-26-37(27-24-33)51(38-28-30-43-42-14-5-6-17-46(42)52-48(43)31-38)45-16-8-18-47-49(45)44-29-25-35-10-2-4-13-41(35)50(44)53-47/h1-31H. The molecular formula is C50H31NO2. The molecule has 0 amide bonds.